The number of rotatable bonds is 12. The maximum atomic E-state index is 11.9. The van der Waals surface area contributed by atoms with Crippen molar-refractivity contribution >= 4 is 57.5 Å². The Morgan fingerprint density at radius 2 is 2.00 bits per heavy atom. The van der Waals surface area contributed by atoms with Crippen molar-refractivity contribution in [3.8, 4) is 5.75 Å². The molecule has 9 heteroatoms. The van der Waals surface area contributed by atoms with E-state index < -0.39 is 5.97 Å². The molecule has 2 rings (SSSR count). The van der Waals surface area contributed by atoms with Gasteiger partial charge in [0.05, 0.1) is 12.0 Å². The van der Waals surface area contributed by atoms with E-state index in [0.717, 1.165) is 27.1 Å². The molecule has 2 aromatic carbocycles. The highest BCUT2D eigenvalue weighted by Crippen LogP contribution is 2.17. The van der Waals surface area contributed by atoms with Crippen LogP contribution in [-0.4, -0.2) is 49.1 Å². The summed E-state index contributed by atoms with van der Waals surface area (Å²) in [5, 5.41) is 3.96. The Morgan fingerprint density at radius 3 is 2.73 bits per heavy atom. The fraction of sp³-hybridized carbons (Fsp3) is 0.286. The number of nitrogens with zero attached hydrogens (tertiary/aromatic N) is 1. The van der Waals surface area contributed by atoms with E-state index in [1.54, 1.807) is 42.2 Å². The molecule has 0 atom stereocenters. The Balaban J connectivity index is 1.65. The van der Waals surface area contributed by atoms with Crippen LogP contribution in [0.25, 0.3) is 0 Å². The summed E-state index contributed by atoms with van der Waals surface area (Å²) >= 11 is 6.57. The van der Waals surface area contributed by atoms with Crippen LogP contribution in [0.15, 0.2) is 58.1 Å². The lowest BCUT2D eigenvalue weighted by Gasteiger charge is -2.06. The standard InChI is InChI=1S/C21H23BrN2O4S2/c1-29-10-9-27-21(26)13-28-19-7-5-16(6-8-19)12-23-24-20(25)15-30-14-17-3-2-4-18(22)11-17/h2-8,11-12H,9-10,13-15H2,1H3,(H,24,25)/b23-12-. The lowest BCUT2D eigenvalue weighted by Crippen LogP contribution is -2.19. The number of amides is 1. The number of hydrogen-bond acceptors (Lipinski definition) is 7. The predicted molar refractivity (Wildman–Crippen MR) is 127 cm³/mol. The minimum atomic E-state index is -0.393. The van der Waals surface area contributed by atoms with E-state index in [1.807, 2.05) is 30.5 Å². The summed E-state index contributed by atoms with van der Waals surface area (Å²) in [6, 6.07) is 15.0. The van der Waals surface area contributed by atoms with Crippen molar-refractivity contribution in [3.63, 3.8) is 0 Å². The first kappa shape index (κ1) is 24.3. The Hall–Kier alpha value is -1.97. The van der Waals surface area contributed by atoms with Gasteiger partial charge in [-0.25, -0.2) is 10.2 Å². The summed E-state index contributed by atoms with van der Waals surface area (Å²) < 4.78 is 11.4. The summed E-state index contributed by atoms with van der Waals surface area (Å²) in [5.74, 6) is 1.84. The third-order valence-electron chi connectivity index (χ3n) is 3.58. The highest BCUT2D eigenvalue weighted by Gasteiger charge is 2.04. The molecule has 0 bridgehead atoms. The molecule has 2 aromatic rings. The van der Waals surface area contributed by atoms with Gasteiger partial charge in [-0.15, -0.1) is 11.8 Å². The van der Waals surface area contributed by atoms with Gasteiger partial charge in [0, 0.05) is 16.0 Å². The predicted octanol–water partition coefficient (Wildman–Crippen LogP) is 4.12. The van der Waals surface area contributed by atoms with Crippen molar-refractivity contribution in [2.24, 2.45) is 5.10 Å². The first-order chi connectivity index (χ1) is 14.6. The number of benzene rings is 2. The molecule has 0 aromatic heterocycles. The van der Waals surface area contributed by atoms with Gasteiger partial charge in [-0.2, -0.15) is 16.9 Å². The smallest absolute Gasteiger partial charge is 0.344 e. The van der Waals surface area contributed by atoms with Crippen molar-refractivity contribution < 1.29 is 19.1 Å². The summed E-state index contributed by atoms with van der Waals surface area (Å²) in [6.07, 6.45) is 3.50. The monoisotopic (exact) mass is 510 g/mol. The largest absolute Gasteiger partial charge is 0.482 e. The van der Waals surface area contributed by atoms with Crippen LogP contribution in [0.1, 0.15) is 11.1 Å². The van der Waals surface area contributed by atoms with Crippen molar-refractivity contribution in [1.82, 2.24) is 5.43 Å². The zero-order chi connectivity index (χ0) is 21.6. The highest BCUT2D eigenvalue weighted by atomic mass is 79.9. The average molecular weight is 511 g/mol. The Morgan fingerprint density at radius 1 is 1.20 bits per heavy atom. The van der Waals surface area contributed by atoms with Gasteiger partial charge in [0.15, 0.2) is 6.61 Å². The van der Waals surface area contributed by atoms with E-state index in [1.165, 1.54) is 11.8 Å². The van der Waals surface area contributed by atoms with E-state index in [-0.39, 0.29) is 12.5 Å². The summed E-state index contributed by atoms with van der Waals surface area (Å²) in [6.45, 7) is 0.252. The first-order valence-electron chi connectivity index (χ1n) is 9.08. The van der Waals surface area contributed by atoms with Crippen LogP contribution in [0, 0.1) is 0 Å². The third-order valence-corrected chi connectivity index (χ3v) is 5.65. The van der Waals surface area contributed by atoms with Crippen LogP contribution in [0.4, 0.5) is 0 Å². The lowest BCUT2D eigenvalue weighted by atomic mass is 10.2. The van der Waals surface area contributed by atoms with Crippen LogP contribution in [0.2, 0.25) is 0 Å². The minimum absolute atomic E-state index is 0.129. The van der Waals surface area contributed by atoms with Crippen molar-refractivity contribution in [2.75, 3.05) is 31.0 Å². The second-order valence-corrected chi connectivity index (χ2v) is 8.87. The number of hydrazone groups is 1. The molecule has 6 nitrogen and oxygen atoms in total. The highest BCUT2D eigenvalue weighted by molar-refractivity contribution is 9.10. The number of esters is 1. The molecule has 1 amide bonds. The number of carbonyl (C=O) groups excluding carboxylic acids is 2. The van der Waals surface area contributed by atoms with Crippen LogP contribution in [0.3, 0.4) is 0 Å². The molecule has 0 saturated carbocycles. The molecular weight excluding hydrogens is 488 g/mol. The van der Waals surface area contributed by atoms with Crippen LogP contribution in [0.5, 0.6) is 5.75 Å². The van der Waals surface area contributed by atoms with Gasteiger partial charge in [-0.1, -0.05) is 28.1 Å². The van der Waals surface area contributed by atoms with Gasteiger partial charge in [0.1, 0.15) is 12.4 Å². The van der Waals surface area contributed by atoms with E-state index in [2.05, 4.69) is 26.5 Å². The van der Waals surface area contributed by atoms with E-state index in [9.17, 15) is 9.59 Å². The van der Waals surface area contributed by atoms with Crippen molar-refractivity contribution in [1.29, 1.82) is 0 Å². The van der Waals surface area contributed by atoms with E-state index in [4.69, 9.17) is 9.47 Å². The SMILES string of the molecule is CSCCOC(=O)COc1ccc(/C=N\NC(=O)CSCc2cccc(Br)c2)cc1. The van der Waals surface area contributed by atoms with Crippen LogP contribution in [-0.2, 0) is 20.1 Å². The fourth-order valence-electron chi connectivity index (χ4n) is 2.17. The number of thioether (sulfide) groups is 2. The van der Waals surface area contributed by atoms with Crippen molar-refractivity contribution in [2.45, 2.75) is 5.75 Å². The van der Waals surface area contributed by atoms with Crippen LogP contribution >= 0.6 is 39.5 Å². The molecule has 30 heavy (non-hydrogen) atoms. The van der Waals surface area contributed by atoms with Gasteiger partial charge >= 0.3 is 5.97 Å². The normalized spacial score (nSPS) is 10.7. The van der Waals surface area contributed by atoms with Gasteiger partial charge in [0.2, 0.25) is 5.91 Å². The van der Waals surface area contributed by atoms with Crippen molar-refractivity contribution in [3.05, 3.63) is 64.1 Å². The molecule has 0 radical (unpaired) electrons. The van der Waals surface area contributed by atoms with Gasteiger partial charge < -0.3 is 9.47 Å². The molecule has 0 aliphatic carbocycles. The van der Waals surface area contributed by atoms with Crippen LogP contribution < -0.4 is 10.2 Å². The first-order valence-corrected chi connectivity index (χ1v) is 12.4. The van der Waals surface area contributed by atoms with E-state index >= 15 is 0 Å². The second kappa shape index (κ2) is 14.1. The number of carbonyl (C=O) groups is 2. The Bertz CT molecular complexity index is 847. The zero-order valence-electron chi connectivity index (χ0n) is 16.5. The molecule has 0 aliphatic heterocycles. The summed E-state index contributed by atoms with van der Waals surface area (Å²) in [7, 11) is 0. The van der Waals surface area contributed by atoms with E-state index in [0.29, 0.717) is 18.1 Å². The topological polar surface area (TPSA) is 77.0 Å². The number of hydrogen-bond donors (Lipinski definition) is 1. The average Bonchev–Trinajstić information content (AvgIpc) is 2.73. The Labute approximate surface area is 193 Å². The molecule has 1 N–H and O–H groups in total. The molecule has 0 saturated heterocycles. The molecule has 0 fully saturated rings. The lowest BCUT2D eigenvalue weighted by molar-refractivity contribution is -0.145. The maximum Gasteiger partial charge on any atom is 0.344 e. The molecule has 0 spiro atoms. The molecule has 0 unspecified atom stereocenters. The van der Waals surface area contributed by atoms with Gasteiger partial charge in [-0.3, -0.25) is 4.79 Å². The molecule has 160 valence electrons. The molecular formula is C21H23BrN2O4S2. The zero-order valence-corrected chi connectivity index (χ0v) is 19.7. The number of nitrogens with one attached hydrogen (secondary N) is 1. The minimum Gasteiger partial charge on any atom is -0.482 e. The molecule has 0 heterocycles. The summed E-state index contributed by atoms with van der Waals surface area (Å²) in [4.78, 5) is 23.4. The second-order valence-electron chi connectivity index (χ2n) is 5.99. The Kier molecular flexibility index (Phi) is 11.4. The fourth-order valence-corrected chi connectivity index (χ4v) is 3.64. The molecule has 0 aliphatic rings. The maximum absolute atomic E-state index is 11.9. The van der Waals surface area contributed by atoms with Gasteiger partial charge in [-0.05, 0) is 53.8 Å². The summed E-state index contributed by atoms with van der Waals surface area (Å²) in [5.41, 5.74) is 4.47. The van der Waals surface area contributed by atoms with Gasteiger partial charge in [0.25, 0.3) is 0 Å². The quantitative estimate of drug-likeness (QED) is 0.200. The third kappa shape index (κ3) is 10.2. The number of halogens is 1. The number of ether oxygens (including phenoxy) is 2.